The van der Waals surface area contributed by atoms with Gasteiger partial charge >= 0.3 is 0 Å². The van der Waals surface area contributed by atoms with Gasteiger partial charge in [0.15, 0.2) is 0 Å². The zero-order chi connectivity index (χ0) is 13.3. The Morgan fingerprint density at radius 3 is 2.33 bits per heavy atom. The molecule has 0 saturated carbocycles. The zero-order valence-electron chi connectivity index (χ0n) is 9.72. The number of hydrogen-bond acceptors (Lipinski definition) is 2. The highest BCUT2D eigenvalue weighted by atomic mass is 35.5. The van der Waals surface area contributed by atoms with Gasteiger partial charge in [0.25, 0.3) is 0 Å². The molecule has 0 saturated heterocycles. The fourth-order valence-electron chi connectivity index (χ4n) is 1.83. The Hall–Kier alpha value is -1.36. The van der Waals surface area contributed by atoms with Crippen molar-refractivity contribution < 1.29 is 8.42 Å². The third kappa shape index (κ3) is 2.56. The Labute approximate surface area is 111 Å². The second-order valence-corrected chi connectivity index (χ2v) is 5.97. The van der Waals surface area contributed by atoms with Crippen LogP contribution in [0.4, 0.5) is 0 Å². The number of sulfonamides is 1. The number of hydrogen-bond donors (Lipinski definition) is 1. The van der Waals surface area contributed by atoms with Crippen LogP contribution in [-0.2, 0) is 10.0 Å². The number of rotatable bonds is 2. The standard InChI is InChI=1S/C13H12ClNO2S/c1-9-4-2-3-5-11(9)12-7-6-10(14)8-13(12)18(15,16)17/h2-8H,1H3,(H2,15,16,17). The second kappa shape index (κ2) is 4.72. The van der Waals surface area contributed by atoms with Crippen molar-refractivity contribution in [2.45, 2.75) is 11.8 Å². The van der Waals surface area contributed by atoms with Crippen molar-refractivity contribution >= 4 is 21.6 Å². The second-order valence-electron chi connectivity index (χ2n) is 4.00. The number of nitrogens with two attached hydrogens (primary N) is 1. The molecule has 0 fully saturated rings. The molecule has 18 heavy (non-hydrogen) atoms. The predicted molar refractivity (Wildman–Crippen MR) is 73.0 cm³/mol. The van der Waals surface area contributed by atoms with E-state index in [4.69, 9.17) is 16.7 Å². The fraction of sp³-hybridized carbons (Fsp3) is 0.0769. The lowest BCUT2D eigenvalue weighted by molar-refractivity contribution is 0.598. The molecule has 2 aromatic carbocycles. The zero-order valence-corrected chi connectivity index (χ0v) is 11.3. The predicted octanol–water partition coefficient (Wildman–Crippen LogP) is 2.96. The molecule has 0 aliphatic heterocycles. The molecule has 0 aliphatic carbocycles. The molecule has 0 aromatic heterocycles. The minimum absolute atomic E-state index is 0.0456. The van der Waals surface area contributed by atoms with E-state index >= 15 is 0 Å². The van der Waals surface area contributed by atoms with Gasteiger partial charge in [-0.25, -0.2) is 13.6 Å². The minimum atomic E-state index is -3.81. The van der Waals surface area contributed by atoms with Crippen molar-refractivity contribution in [3.05, 3.63) is 53.1 Å². The summed E-state index contributed by atoms with van der Waals surface area (Å²) in [6, 6.07) is 12.2. The Bertz CT molecular complexity index is 696. The maximum absolute atomic E-state index is 11.6. The Morgan fingerprint density at radius 1 is 1.06 bits per heavy atom. The quantitative estimate of drug-likeness (QED) is 0.920. The molecule has 0 spiro atoms. The fourth-order valence-corrected chi connectivity index (χ4v) is 2.84. The molecule has 2 aromatic rings. The number of primary sulfonamides is 1. The van der Waals surface area contributed by atoms with E-state index in [1.165, 1.54) is 6.07 Å². The molecule has 3 nitrogen and oxygen atoms in total. The number of benzene rings is 2. The van der Waals surface area contributed by atoms with Crippen LogP contribution < -0.4 is 5.14 Å². The van der Waals surface area contributed by atoms with E-state index in [0.29, 0.717) is 10.6 Å². The summed E-state index contributed by atoms with van der Waals surface area (Å²) in [4.78, 5) is 0.0456. The van der Waals surface area contributed by atoms with Crippen LogP contribution in [0.2, 0.25) is 5.02 Å². The third-order valence-corrected chi connectivity index (χ3v) is 3.87. The van der Waals surface area contributed by atoms with Gasteiger partial charge in [-0.3, -0.25) is 0 Å². The highest BCUT2D eigenvalue weighted by Crippen LogP contribution is 2.31. The summed E-state index contributed by atoms with van der Waals surface area (Å²) < 4.78 is 23.2. The molecule has 0 bridgehead atoms. The van der Waals surface area contributed by atoms with Crippen molar-refractivity contribution in [1.82, 2.24) is 0 Å². The molecule has 0 atom stereocenters. The maximum Gasteiger partial charge on any atom is 0.238 e. The van der Waals surface area contributed by atoms with Crippen molar-refractivity contribution in [3.8, 4) is 11.1 Å². The SMILES string of the molecule is Cc1ccccc1-c1ccc(Cl)cc1S(N)(=O)=O. The van der Waals surface area contributed by atoms with Gasteiger partial charge in [-0.1, -0.05) is 41.9 Å². The Morgan fingerprint density at radius 2 is 1.72 bits per heavy atom. The number of aryl methyl sites for hydroxylation is 1. The smallest absolute Gasteiger partial charge is 0.225 e. The summed E-state index contributed by atoms with van der Waals surface area (Å²) in [7, 11) is -3.81. The Kier molecular flexibility index (Phi) is 3.43. The molecule has 94 valence electrons. The molecule has 0 radical (unpaired) electrons. The first-order valence-corrected chi connectivity index (χ1v) is 7.20. The molecular weight excluding hydrogens is 270 g/mol. The summed E-state index contributed by atoms with van der Waals surface area (Å²) in [5, 5.41) is 5.57. The van der Waals surface area contributed by atoms with Gasteiger partial charge in [0, 0.05) is 10.6 Å². The normalized spacial score (nSPS) is 11.5. The summed E-state index contributed by atoms with van der Waals surface area (Å²) >= 11 is 5.83. The van der Waals surface area contributed by atoms with E-state index in [2.05, 4.69) is 0 Å². The molecule has 0 aliphatic rings. The van der Waals surface area contributed by atoms with Crippen LogP contribution in [-0.4, -0.2) is 8.42 Å². The highest BCUT2D eigenvalue weighted by Gasteiger charge is 2.16. The van der Waals surface area contributed by atoms with E-state index in [1.54, 1.807) is 12.1 Å². The van der Waals surface area contributed by atoms with Gasteiger partial charge in [-0.2, -0.15) is 0 Å². The van der Waals surface area contributed by atoms with Crippen LogP contribution in [0.3, 0.4) is 0 Å². The van der Waals surface area contributed by atoms with Crippen LogP contribution in [0.1, 0.15) is 5.56 Å². The molecular formula is C13H12ClNO2S. The molecule has 2 N–H and O–H groups in total. The van der Waals surface area contributed by atoms with Gasteiger partial charge in [0.05, 0.1) is 4.90 Å². The third-order valence-electron chi connectivity index (χ3n) is 2.69. The maximum atomic E-state index is 11.6. The van der Waals surface area contributed by atoms with Crippen molar-refractivity contribution in [2.24, 2.45) is 5.14 Å². The highest BCUT2D eigenvalue weighted by molar-refractivity contribution is 7.89. The average Bonchev–Trinajstić information content (AvgIpc) is 2.29. The van der Waals surface area contributed by atoms with E-state index in [0.717, 1.165) is 11.1 Å². The number of halogens is 1. The molecule has 2 rings (SSSR count). The van der Waals surface area contributed by atoms with Gasteiger partial charge in [-0.05, 0) is 30.2 Å². The minimum Gasteiger partial charge on any atom is -0.225 e. The topological polar surface area (TPSA) is 60.2 Å². The summed E-state index contributed by atoms with van der Waals surface area (Å²) in [5.41, 5.74) is 2.38. The van der Waals surface area contributed by atoms with Crippen LogP contribution in [0.5, 0.6) is 0 Å². The van der Waals surface area contributed by atoms with Crippen molar-refractivity contribution in [1.29, 1.82) is 0 Å². The summed E-state index contributed by atoms with van der Waals surface area (Å²) in [6.07, 6.45) is 0. The summed E-state index contributed by atoms with van der Waals surface area (Å²) in [6.45, 7) is 1.91. The van der Waals surface area contributed by atoms with Gasteiger partial charge in [0.1, 0.15) is 0 Å². The lowest BCUT2D eigenvalue weighted by Gasteiger charge is -2.10. The molecule has 0 unspecified atom stereocenters. The van der Waals surface area contributed by atoms with Gasteiger partial charge < -0.3 is 0 Å². The van der Waals surface area contributed by atoms with E-state index in [-0.39, 0.29) is 4.90 Å². The Balaban J connectivity index is 2.77. The largest absolute Gasteiger partial charge is 0.238 e. The molecule has 0 amide bonds. The van der Waals surface area contributed by atoms with Gasteiger partial charge in [-0.15, -0.1) is 0 Å². The van der Waals surface area contributed by atoms with Crippen LogP contribution in [0, 0.1) is 6.92 Å². The average molecular weight is 282 g/mol. The summed E-state index contributed by atoms with van der Waals surface area (Å²) in [5.74, 6) is 0. The van der Waals surface area contributed by atoms with Gasteiger partial charge in [0.2, 0.25) is 10.0 Å². The van der Waals surface area contributed by atoms with Crippen LogP contribution >= 0.6 is 11.6 Å². The van der Waals surface area contributed by atoms with Crippen molar-refractivity contribution in [3.63, 3.8) is 0 Å². The lowest BCUT2D eigenvalue weighted by atomic mass is 10.0. The van der Waals surface area contributed by atoms with E-state index in [1.807, 2.05) is 31.2 Å². The first-order chi connectivity index (χ1) is 8.39. The van der Waals surface area contributed by atoms with Crippen LogP contribution in [0.25, 0.3) is 11.1 Å². The molecule has 0 heterocycles. The monoisotopic (exact) mass is 281 g/mol. The van der Waals surface area contributed by atoms with E-state index < -0.39 is 10.0 Å². The van der Waals surface area contributed by atoms with Crippen LogP contribution in [0.15, 0.2) is 47.4 Å². The lowest BCUT2D eigenvalue weighted by Crippen LogP contribution is -2.13. The first kappa shape index (κ1) is 13.1. The van der Waals surface area contributed by atoms with E-state index in [9.17, 15) is 8.42 Å². The first-order valence-electron chi connectivity index (χ1n) is 5.28. The molecule has 5 heteroatoms. The van der Waals surface area contributed by atoms with Crippen molar-refractivity contribution in [2.75, 3.05) is 0 Å².